The fourth-order valence-electron chi connectivity index (χ4n) is 5.20. The van der Waals surface area contributed by atoms with Crippen molar-refractivity contribution in [1.82, 2.24) is 19.8 Å². The first-order valence-electron chi connectivity index (χ1n) is 13.6. The Bertz CT molecular complexity index is 1660. The lowest BCUT2D eigenvalue weighted by Gasteiger charge is -2.34. The van der Waals surface area contributed by atoms with E-state index < -0.39 is 41.1 Å². The summed E-state index contributed by atoms with van der Waals surface area (Å²) in [6, 6.07) is 13.8. The van der Waals surface area contributed by atoms with Crippen LogP contribution in [0.2, 0.25) is 0 Å². The Morgan fingerprint density at radius 1 is 0.907 bits per heavy atom. The van der Waals surface area contributed by atoms with Gasteiger partial charge in [-0.2, -0.15) is 4.68 Å². The summed E-state index contributed by atoms with van der Waals surface area (Å²) in [5, 5.41) is 7.24. The first-order chi connectivity index (χ1) is 20.8. The third-order valence-electron chi connectivity index (χ3n) is 7.26. The molecule has 1 aliphatic rings. The highest BCUT2D eigenvalue weighted by atomic mass is 19.1. The average Bonchev–Trinajstić information content (AvgIpc) is 3.41. The first-order valence-corrected chi connectivity index (χ1v) is 13.6. The molecule has 1 aliphatic carbocycles. The van der Waals surface area contributed by atoms with Crippen LogP contribution in [0.25, 0.3) is 5.69 Å². The van der Waals surface area contributed by atoms with Gasteiger partial charge in [-0.15, -0.1) is 4.68 Å². The number of nitrogens with zero attached hydrogens (tertiary/aromatic N) is 5. The van der Waals surface area contributed by atoms with E-state index >= 15 is 0 Å². The van der Waals surface area contributed by atoms with E-state index in [-0.39, 0.29) is 29.4 Å². The van der Waals surface area contributed by atoms with Crippen molar-refractivity contribution < 1.29 is 32.6 Å². The number of methoxy groups -OCH3 is 2. The topological polar surface area (TPSA) is 118 Å². The van der Waals surface area contributed by atoms with Crippen LogP contribution >= 0.6 is 0 Å². The van der Waals surface area contributed by atoms with Gasteiger partial charge in [-0.25, -0.2) is 23.2 Å². The normalized spacial score (nSPS) is 13.4. The molecule has 0 atom stereocenters. The predicted octanol–water partition coefficient (Wildman–Crippen LogP) is 4.89. The molecule has 11 nitrogen and oxygen atoms in total. The van der Waals surface area contributed by atoms with E-state index in [4.69, 9.17) is 14.2 Å². The minimum atomic E-state index is -1.18. The summed E-state index contributed by atoms with van der Waals surface area (Å²) in [6.07, 6.45) is 3.74. The molecular weight excluding hydrogens is 564 g/mol. The Kier molecular flexibility index (Phi) is 8.79. The van der Waals surface area contributed by atoms with Crippen LogP contribution in [0.5, 0.6) is 11.5 Å². The van der Waals surface area contributed by atoms with Crippen LogP contribution in [0.15, 0.2) is 65.5 Å². The van der Waals surface area contributed by atoms with Crippen molar-refractivity contribution in [1.29, 1.82) is 0 Å². The van der Waals surface area contributed by atoms with Gasteiger partial charge in [0.05, 0.1) is 19.9 Å². The number of amides is 1. The number of hydrogen-bond acceptors (Lipinski definition) is 8. The Balaban J connectivity index is 1.59. The first kappa shape index (κ1) is 29.4. The molecule has 1 fully saturated rings. The Labute approximate surface area is 245 Å². The molecule has 13 heteroatoms. The summed E-state index contributed by atoms with van der Waals surface area (Å²) < 4.78 is 46.4. The molecule has 0 unspecified atom stereocenters. The molecule has 0 N–H and O–H groups in total. The van der Waals surface area contributed by atoms with E-state index in [2.05, 4.69) is 10.4 Å². The number of benzene rings is 3. The molecule has 1 aromatic heterocycles. The van der Waals surface area contributed by atoms with E-state index in [0.717, 1.165) is 43.0 Å². The van der Waals surface area contributed by atoms with Gasteiger partial charge in [0.15, 0.2) is 17.4 Å². The van der Waals surface area contributed by atoms with Crippen LogP contribution in [-0.2, 0) is 11.3 Å². The molecule has 5 rings (SSSR count). The van der Waals surface area contributed by atoms with Crippen molar-refractivity contribution in [3.05, 3.63) is 93.9 Å². The van der Waals surface area contributed by atoms with Gasteiger partial charge in [-0.05, 0) is 53.1 Å². The summed E-state index contributed by atoms with van der Waals surface area (Å²) >= 11 is 0. The molecule has 0 spiro atoms. The van der Waals surface area contributed by atoms with Gasteiger partial charge >= 0.3 is 17.7 Å². The standard InChI is InChI=1S/C30H29F2N5O6/c1-41-24-17-16-23(27(42-2)25(24)28(38)43-18-19-10-5-3-6-11-19)35(20-12-7-4-8-13-20)29(39)37-30(40)36(33-34-37)26-21(31)14-9-15-22(26)32/h3,5-6,9-11,14-17,20H,4,7-8,12-13,18H2,1-2H3. The maximum Gasteiger partial charge on any atom is 0.377 e. The minimum absolute atomic E-state index is 0.0167. The molecule has 3 aromatic carbocycles. The van der Waals surface area contributed by atoms with Gasteiger partial charge < -0.3 is 14.2 Å². The summed E-state index contributed by atoms with van der Waals surface area (Å²) in [5.41, 5.74) is -1.08. The highest BCUT2D eigenvalue weighted by molar-refractivity contribution is 6.02. The Morgan fingerprint density at radius 2 is 1.60 bits per heavy atom. The maximum atomic E-state index is 14.5. The third kappa shape index (κ3) is 5.83. The number of hydrogen-bond donors (Lipinski definition) is 0. The number of rotatable bonds is 8. The molecule has 43 heavy (non-hydrogen) atoms. The summed E-state index contributed by atoms with van der Waals surface area (Å²) in [6.45, 7) is -0.0212. The fourth-order valence-corrected chi connectivity index (χ4v) is 5.20. The van der Waals surface area contributed by atoms with Gasteiger partial charge in [0.1, 0.15) is 23.6 Å². The Hall–Kier alpha value is -5.07. The van der Waals surface area contributed by atoms with Gasteiger partial charge in [-0.3, -0.25) is 4.90 Å². The van der Waals surface area contributed by atoms with Crippen molar-refractivity contribution in [3.8, 4) is 17.2 Å². The van der Waals surface area contributed by atoms with Crippen molar-refractivity contribution in [2.24, 2.45) is 0 Å². The van der Waals surface area contributed by atoms with Gasteiger partial charge in [-0.1, -0.05) is 55.7 Å². The molecule has 224 valence electrons. The Morgan fingerprint density at radius 3 is 2.26 bits per heavy atom. The second kappa shape index (κ2) is 12.8. The van der Waals surface area contributed by atoms with Crippen LogP contribution in [0.3, 0.4) is 0 Å². The highest BCUT2D eigenvalue weighted by Crippen LogP contribution is 2.41. The van der Waals surface area contributed by atoms with Crippen LogP contribution in [0.1, 0.15) is 48.0 Å². The zero-order valence-corrected chi connectivity index (χ0v) is 23.5. The molecular formula is C30H29F2N5O6. The van der Waals surface area contributed by atoms with Gasteiger partial charge in [0, 0.05) is 6.04 Å². The van der Waals surface area contributed by atoms with Crippen LogP contribution in [0, 0.1) is 11.6 Å². The quantitative estimate of drug-likeness (QED) is 0.209. The number of carbonyl (C=O) groups is 2. The molecule has 0 saturated heterocycles. The summed E-state index contributed by atoms with van der Waals surface area (Å²) in [5.74, 6) is -2.74. The number of esters is 1. The number of tetrazole rings is 1. The highest BCUT2D eigenvalue weighted by Gasteiger charge is 2.35. The SMILES string of the molecule is COc1ccc(N(C(=O)n2nnn(-c3c(F)cccc3F)c2=O)C2CCCCC2)c(OC)c1C(=O)OCc1ccccc1. The molecule has 1 heterocycles. The molecule has 0 bridgehead atoms. The zero-order valence-electron chi connectivity index (χ0n) is 23.5. The monoisotopic (exact) mass is 593 g/mol. The number of aromatic nitrogens is 4. The summed E-state index contributed by atoms with van der Waals surface area (Å²) in [4.78, 5) is 42.1. The minimum Gasteiger partial charge on any atom is -0.496 e. The van der Waals surface area contributed by atoms with E-state index in [1.165, 1.54) is 31.3 Å². The van der Waals surface area contributed by atoms with Crippen molar-refractivity contribution in [3.63, 3.8) is 0 Å². The smallest absolute Gasteiger partial charge is 0.377 e. The largest absolute Gasteiger partial charge is 0.496 e. The second-order valence-corrected chi connectivity index (χ2v) is 9.86. The molecule has 0 aliphatic heterocycles. The lowest BCUT2D eigenvalue weighted by Crippen LogP contribution is -2.47. The average molecular weight is 594 g/mol. The lowest BCUT2D eigenvalue weighted by atomic mass is 9.93. The van der Waals surface area contributed by atoms with Gasteiger partial charge in [0.25, 0.3) is 0 Å². The zero-order chi connectivity index (χ0) is 30.5. The molecule has 0 radical (unpaired) electrons. The van der Waals surface area contributed by atoms with E-state index in [9.17, 15) is 23.2 Å². The number of anilines is 1. The number of carbonyl (C=O) groups excluding carboxylic acids is 2. The maximum absolute atomic E-state index is 14.5. The van der Waals surface area contributed by atoms with E-state index in [0.29, 0.717) is 22.2 Å². The molecule has 4 aromatic rings. The molecule has 1 amide bonds. The van der Waals surface area contributed by atoms with Crippen LogP contribution < -0.4 is 20.1 Å². The number of para-hydroxylation sites is 1. The predicted molar refractivity (Wildman–Crippen MR) is 151 cm³/mol. The van der Waals surface area contributed by atoms with E-state index in [1.807, 2.05) is 18.2 Å². The fraction of sp³-hybridized carbons (Fsp3) is 0.300. The third-order valence-corrected chi connectivity index (χ3v) is 7.26. The van der Waals surface area contributed by atoms with E-state index in [1.54, 1.807) is 12.1 Å². The summed E-state index contributed by atoms with van der Waals surface area (Å²) in [7, 11) is 2.71. The molecule has 1 saturated carbocycles. The van der Waals surface area contributed by atoms with Crippen molar-refractivity contribution in [2.45, 2.75) is 44.8 Å². The number of halogens is 2. The van der Waals surface area contributed by atoms with Crippen molar-refractivity contribution in [2.75, 3.05) is 19.1 Å². The van der Waals surface area contributed by atoms with Crippen molar-refractivity contribution >= 4 is 17.7 Å². The number of ether oxygens (including phenoxy) is 3. The van der Waals surface area contributed by atoms with Crippen LogP contribution in [0.4, 0.5) is 19.3 Å². The van der Waals surface area contributed by atoms with Crippen LogP contribution in [-0.4, -0.2) is 52.1 Å². The lowest BCUT2D eigenvalue weighted by molar-refractivity contribution is 0.0465. The second-order valence-electron chi connectivity index (χ2n) is 9.86. The van der Waals surface area contributed by atoms with Gasteiger partial charge in [0.2, 0.25) is 0 Å².